The van der Waals surface area contributed by atoms with E-state index in [1.54, 1.807) is 0 Å². The Morgan fingerprint density at radius 3 is 1.49 bits per heavy atom. The van der Waals surface area contributed by atoms with Crippen LogP contribution in [0.1, 0.15) is 194 Å². The highest BCUT2D eigenvalue weighted by Gasteiger charge is 2.15. The molecule has 0 aliphatic rings. The van der Waals surface area contributed by atoms with E-state index in [9.17, 15) is 24.2 Å². The maximum atomic E-state index is 12.0. The minimum atomic E-state index is -4.66. The zero-order chi connectivity index (χ0) is 37.5. The predicted molar refractivity (Wildman–Crippen MR) is 208 cm³/mol. The molecule has 0 aromatic rings. The molecular weight excluding hydrogens is 665 g/mol. The summed E-state index contributed by atoms with van der Waals surface area (Å²) in [6.45, 7) is 3.33. The molecule has 1 amide bonds. The number of nitrogens with one attached hydrogen (secondary N) is 1. The largest absolute Gasteiger partial charge is 0.756 e. The van der Waals surface area contributed by atoms with Crippen LogP contribution >= 0.6 is 7.82 Å². The van der Waals surface area contributed by atoms with Crippen molar-refractivity contribution in [2.24, 2.45) is 0 Å². The van der Waals surface area contributed by atoms with Gasteiger partial charge >= 0.3 is 5.97 Å². The highest BCUT2D eigenvalue weighted by Crippen LogP contribution is 2.37. The zero-order valence-corrected chi connectivity index (χ0v) is 33.7. The van der Waals surface area contributed by atoms with Crippen molar-refractivity contribution in [3.05, 3.63) is 24.3 Å². The summed E-state index contributed by atoms with van der Waals surface area (Å²) in [7, 11) is -4.66. The fraction of sp³-hybridized carbons (Fsp3) is 0.854. The molecule has 1 unspecified atom stereocenters. The first kappa shape index (κ1) is 49.5. The first-order valence-electron chi connectivity index (χ1n) is 20.8. The van der Waals surface area contributed by atoms with Crippen molar-refractivity contribution in [1.29, 1.82) is 0 Å². The van der Waals surface area contributed by atoms with Crippen molar-refractivity contribution >= 4 is 19.7 Å². The van der Waals surface area contributed by atoms with Gasteiger partial charge in [0.25, 0.3) is 7.82 Å². The summed E-state index contributed by atoms with van der Waals surface area (Å²) >= 11 is 0. The van der Waals surface area contributed by atoms with E-state index in [2.05, 4.69) is 43.5 Å². The lowest BCUT2D eigenvalue weighted by Gasteiger charge is -2.24. The zero-order valence-electron chi connectivity index (χ0n) is 32.8. The molecule has 0 aromatic carbocycles. The monoisotopic (exact) mass is 743 g/mol. The van der Waals surface area contributed by atoms with E-state index < -0.39 is 26.5 Å². The van der Waals surface area contributed by atoms with Gasteiger partial charge in [0.15, 0.2) is 0 Å². The Labute approximate surface area is 312 Å². The van der Waals surface area contributed by atoms with Crippen LogP contribution in [0.15, 0.2) is 24.3 Å². The normalized spacial score (nSPS) is 13.6. The van der Waals surface area contributed by atoms with Crippen molar-refractivity contribution in [1.82, 2.24) is 5.32 Å². The first-order chi connectivity index (χ1) is 24.8. The summed E-state index contributed by atoms with van der Waals surface area (Å²) in [6.07, 6.45) is 39.4. The average molecular weight is 743 g/mol. The van der Waals surface area contributed by atoms with Gasteiger partial charge < -0.3 is 29.1 Å². The van der Waals surface area contributed by atoms with Gasteiger partial charge in [-0.3, -0.25) is 14.2 Å². The second-order valence-corrected chi connectivity index (χ2v) is 15.3. The SMILES string of the molecule is CCCCCCCC/C=C\CCCCCCCC(=O)NCCOP(=O)([O-])OC[C@H](O)COC(=O)CCCCCCC/C=C\CCCCCCCC. The maximum Gasteiger partial charge on any atom is 0.305 e. The van der Waals surface area contributed by atoms with E-state index in [0.29, 0.717) is 6.42 Å². The molecule has 0 aliphatic carbocycles. The van der Waals surface area contributed by atoms with Crippen molar-refractivity contribution in [3.8, 4) is 0 Å². The number of ether oxygens (including phenoxy) is 1. The van der Waals surface area contributed by atoms with E-state index in [-0.39, 0.29) is 32.1 Å². The smallest absolute Gasteiger partial charge is 0.305 e. The molecule has 10 heteroatoms. The summed E-state index contributed by atoms with van der Waals surface area (Å²) in [5, 5.41) is 12.6. The topological polar surface area (TPSA) is 134 Å². The Balaban J connectivity index is 3.62. The predicted octanol–water partition coefficient (Wildman–Crippen LogP) is 10.6. The van der Waals surface area contributed by atoms with Gasteiger partial charge in [0.1, 0.15) is 12.7 Å². The van der Waals surface area contributed by atoms with Gasteiger partial charge in [-0.15, -0.1) is 0 Å². The molecule has 9 nitrogen and oxygen atoms in total. The fourth-order valence-electron chi connectivity index (χ4n) is 5.66. The van der Waals surface area contributed by atoms with E-state index >= 15 is 0 Å². The molecule has 0 spiro atoms. The molecule has 0 rings (SSSR count). The third kappa shape index (κ3) is 39.5. The number of aliphatic hydroxyl groups excluding tert-OH is 1. The van der Waals surface area contributed by atoms with Gasteiger partial charge in [-0.25, -0.2) is 0 Å². The quantitative estimate of drug-likeness (QED) is 0.0275. The summed E-state index contributed by atoms with van der Waals surface area (Å²) in [5.74, 6) is -0.567. The second-order valence-electron chi connectivity index (χ2n) is 13.9. The molecule has 0 aliphatic heterocycles. The molecule has 0 saturated heterocycles. The third-order valence-corrected chi connectivity index (χ3v) is 9.81. The van der Waals surface area contributed by atoms with Gasteiger partial charge in [-0.2, -0.15) is 0 Å². The van der Waals surface area contributed by atoms with E-state index in [4.69, 9.17) is 13.8 Å². The van der Waals surface area contributed by atoms with Crippen LogP contribution in [-0.2, 0) is 27.9 Å². The highest BCUT2D eigenvalue weighted by molar-refractivity contribution is 7.45. The highest BCUT2D eigenvalue weighted by atomic mass is 31.2. The average Bonchev–Trinajstić information content (AvgIpc) is 3.11. The van der Waals surface area contributed by atoms with Gasteiger partial charge in [-0.05, 0) is 64.2 Å². The number of carbonyl (C=O) groups excluding carboxylic acids is 2. The fourth-order valence-corrected chi connectivity index (χ4v) is 6.40. The lowest BCUT2D eigenvalue weighted by Crippen LogP contribution is -2.28. The van der Waals surface area contributed by atoms with Crippen molar-refractivity contribution in [2.75, 3.05) is 26.4 Å². The van der Waals surface area contributed by atoms with E-state index in [1.807, 2.05) is 0 Å². The molecule has 0 aromatic heterocycles. The standard InChI is InChI=1S/C41H78NO8P/c1-3-5-7-9-11-13-15-17-19-21-23-25-27-29-31-33-40(44)42-35-36-49-51(46,47)50-38-39(43)37-48-41(45)34-32-30-28-26-24-22-20-18-16-14-12-10-8-6-4-2/h17-20,39,43H,3-16,21-38H2,1-2H3,(H,42,44)(H,46,47)/p-1/b19-17-,20-18-/t39-/m1/s1. The summed E-state index contributed by atoms with van der Waals surface area (Å²) < 4.78 is 26.5. The first-order valence-corrected chi connectivity index (χ1v) is 22.3. The Morgan fingerprint density at radius 1 is 0.608 bits per heavy atom. The Hall–Kier alpha value is -1.51. The minimum absolute atomic E-state index is 0.0377. The molecule has 0 bridgehead atoms. The summed E-state index contributed by atoms with van der Waals surface area (Å²) in [5.41, 5.74) is 0. The summed E-state index contributed by atoms with van der Waals surface area (Å²) in [4.78, 5) is 35.9. The van der Waals surface area contributed by atoms with Crippen molar-refractivity contribution < 1.29 is 37.9 Å². The van der Waals surface area contributed by atoms with Crippen LogP contribution in [0, 0.1) is 0 Å². The number of hydrogen-bond acceptors (Lipinski definition) is 8. The minimum Gasteiger partial charge on any atom is -0.756 e. The van der Waals surface area contributed by atoms with Gasteiger partial charge in [0.05, 0.1) is 13.2 Å². The molecule has 2 atom stereocenters. The molecule has 0 fully saturated rings. The number of hydrogen-bond donors (Lipinski definition) is 2. The third-order valence-electron chi connectivity index (χ3n) is 8.84. The van der Waals surface area contributed by atoms with Crippen LogP contribution in [0.4, 0.5) is 0 Å². The number of phosphoric acid groups is 1. The Morgan fingerprint density at radius 2 is 1.02 bits per heavy atom. The van der Waals surface area contributed by atoms with E-state index in [0.717, 1.165) is 70.6 Å². The van der Waals surface area contributed by atoms with Gasteiger partial charge in [0.2, 0.25) is 5.91 Å². The molecule has 0 saturated carbocycles. The lowest BCUT2D eigenvalue weighted by molar-refractivity contribution is -0.227. The van der Waals surface area contributed by atoms with Gasteiger partial charge in [-0.1, -0.05) is 141 Å². The number of carbonyl (C=O) groups is 2. The maximum absolute atomic E-state index is 12.0. The molecule has 2 N–H and O–H groups in total. The molecule has 51 heavy (non-hydrogen) atoms. The lowest BCUT2D eigenvalue weighted by atomic mass is 10.1. The van der Waals surface area contributed by atoms with Crippen LogP contribution in [0.25, 0.3) is 0 Å². The molecule has 0 radical (unpaired) electrons. The number of rotatable bonds is 39. The Kier molecular flexibility index (Phi) is 37.1. The molecular formula is C41H77NO8P-. The summed E-state index contributed by atoms with van der Waals surface area (Å²) in [6, 6.07) is 0. The van der Waals surface area contributed by atoms with Crippen LogP contribution in [0.2, 0.25) is 0 Å². The number of aliphatic hydroxyl groups is 1. The second kappa shape index (κ2) is 38.2. The number of phosphoric ester groups is 1. The number of allylic oxidation sites excluding steroid dienone is 4. The van der Waals surface area contributed by atoms with Crippen LogP contribution in [0.5, 0.6) is 0 Å². The van der Waals surface area contributed by atoms with Crippen LogP contribution in [-0.4, -0.2) is 49.5 Å². The molecule has 300 valence electrons. The van der Waals surface area contributed by atoms with Crippen LogP contribution < -0.4 is 10.2 Å². The van der Waals surface area contributed by atoms with Gasteiger partial charge in [0, 0.05) is 19.4 Å². The van der Waals surface area contributed by atoms with Crippen molar-refractivity contribution in [2.45, 2.75) is 200 Å². The van der Waals surface area contributed by atoms with Crippen molar-refractivity contribution in [3.63, 3.8) is 0 Å². The number of unbranched alkanes of at least 4 members (excludes halogenated alkanes) is 22. The number of amides is 1. The van der Waals surface area contributed by atoms with E-state index in [1.165, 1.54) is 96.3 Å². The number of esters is 1. The Bertz CT molecular complexity index is 897. The molecule has 0 heterocycles. The van der Waals surface area contributed by atoms with Crippen LogP contribution in [0.3, 0.4) is 0 Å².